The van der Waals surface area contributed by atoms with Gasteiger partial charge in [-0.15, -0.1) is 0 Å². The first-order valence-corrected chi connectivity index (χ1v) is 9.76. The van der Waals surface area contributed by atoms with Crippen LogP contribution in [0.15, 0.2) is 41.4 Å². The van der Waals surface area contributed by atoms with Crippen molar-refractivity contribution in [3.05, 3.63) is 47.9 Å². The third-order valence-electron chi connectivity index (χ3n) is 4.33. The summed E-state index contributed by atoms with van der Waals surface area (Å²) in [6.07, 6.45) is -3.65. The van der Waals surface area contributed by atoms with Crippen LogP contribution >= 0.6 is 0 Å². The standard InChI is InChI=1S/C17H17F4N3O3S/c1-22-28(25,26)13-3-4-15(14(18)8-13)24-7-6-12(10-24)27-16-5-2-11(9-23-16)17(19,20)21/h2-5,8-9,12,22H,6-7,10H2,1H3. The molecule has 2 heterocycles. The number of aromatic nitrogens is 1. The van der Waals surface area contributed by atoms with Gasteiger partial charge in [0.2, 0.25) is 15.9 Å². The van der Waals surface area contributed by atoms with Gasteiger partial charge < -0.3 is 9.64 Å². The van der Waals surface area contributed by atoms with E-state index in [9.17, 15) is 26.0 Å². The summed E-state index contributed by atoms with van der Waals surface area (Å²) in [7, 11) is -2.51. The first-order valence-electron chi connectivity index (χ1n) is 8.28. The number of nitrogens with zero attached hydrogens (tertiary/aromatic N) is 2. The second-order valence-electron chi connectivity index (χ2n) is 6.18. The van der Waals surface area contributed by atoms with Crippen molar-refractivity contribution in [1.82, 2.24) is 9.71 Å². The lowest BCUT2D eigenvalue weighted by molar-refractivity contribution is -0.137. The summed E-state index contributed by atoms with van der Waals surface area (Å²) in [6.45, 7) is 0.734. The average Bonchev–Trinajstić information content (AvgIpc) is 3.09. The number of hydrogen-bond acceptors (Lipinski definition) is 5. The van der Waals surface area contributed by atoms with E-state index in [0.29, 0.717) is 19.2 Å². The van der Waals surface area contributed by atoms with Crippen LogP contribution in [-0.4, -0.2) is 39.6 Å². The van der Waals surface area contributed by atoms with Gasteiger partial charge in [0.05, 0.1) is 22.7 Å². The summed E-state index contributed by atoms with van der Waals surface area (Å²) in [6, 6.07) is 5.64. The maximum Gasteiger partial charge on any atom is 0.417 e. The largest absolute Gasteiger partial charge is 0.472 e. The zero-order chi connectivity index (χ0) is 20.5. The van der Waals surface area contributed by atoms with Crippen LogP contribution in [0.25, 0.3) is 0 Å². The minimum absolute atomic E-state index is 0.0517. The zero-order valence-electron chi connectivity index (χ0n) is 14.7. The van der Waals surface area contributed by atoms with Gasteiger partial charge in [0, 0.05) is 25.2 Å². The molecule has 3 rings (SSSR count). The Balaban J connectivity index is 1.67. The third-order valence-corrected chi connectivity index (χ3v) is 5.75. The highest BCUT2D eigenvalue weighted by molar-refractivity contribution is 7.89. The summed E-state index contributed by atoms with van der Waals surface area (Å²) >= 11 is 0. The lowest BCUT2D eigenvalue weighted by Gasteiger charge is -2.20. The van der Waals surface area contributed by atoms with E-state index in [1.165, 1.54) is 19.2 Å². The molecule has 0 spiro atoms. The highest BCUT2D eigenvalue weighted by atomic mass is 32.2. The number of pyridine rings is 1. The number of halogens is 4. The molecule has 11 heteroatoms. The van der Waals surface area contributed by atoms with Gasteiger partial charge in [-0.2, -0.15) is 13.2 Å². The Morgan fingerprint density at radius 1 is 1.25 bits per heavy atom. The number of nitrogens with one attached hydrogen (secondary N) is 1. The molecule has 1 aliphatic rings. The molecule has 6 nitrogen and oxygen atoms in total. The highest BCUT2D eigenvalue weighted by Crippen LogP contribution is 2.30. The van der Waals surface area contributed by atoms with E-state index in [1.807, 2.05) is 0 Å². The molecular formula is C17H17F4N3O3S. The number of rotatable bonds is 5. The fourth-order valence-corrected chi connectivity index (χ4v) is 3.60. The van der Waals surface area contributed by atoms with Gasteiger partial charge in [-0.3, -0.25) is 0 Å². The summed E-state index contributed by atoms with van der Waals surface area (Å²) in [5.41, 5.74) is -0.645. The minimum Gasteiger partial charge on any atom is -0.472 e. The predicted molar refractivity (Wildman–Crippen MR) is 93.1 cm³/mol. The Kier molecular flexibility index (Phi) is 5.48. The fraction of sp³-hybridized carbons (Fsp3) is 0.353. The van der Waals surface area contributed by atoms with E-state index in [-0.39, 0.29) is 29.1 Å². The summed E-state index contributed by atoms with van der Waals surface area (Å²) in [5.74, 6) is -0.639. The molecule has 1 unspecified atom stereocenters. The van der Waals surface area contributed by atoms with Crippen LogP contribution in [0.1, 0.15) is 12.0 Å². The average molecular weight is 419 g/mol. The quantitative estimate of drug-likeness (QED) is 0.755. The minimum atomic E-state index is -4.47. The molecule has 0 aliphatic carbocycles. The zero-order valence-corrected chi connectivity index (χ0v) is 15.5. The van der Waals surface area contributed by atoms with Gasteiger partial charge in [-0.05, 0) is 31.3 Å². The first kappa shape index (κ1) is 20.3. The van der Waals surface area contributed by atoms with Crippen molar-refractivity contribution < 1.29 is 30.7 Å². The number of alkyl halides is 3. The SMILES string of the molecule is CNS(=O)(=O)c1ccc(N2CCC(Oc3ccc(C(F)(F)F)cn3)C2)c(F)c1. The molecule has 0 radical (unpaired) electrons. The van der Waals surface area contributed by atoms with Gasteiger partial charge in [0.1, 0.15) is 11.9 Å². The van der Waals surface area contributed by atoms with Crippen molar-refractivity contribution in [3.8, 4) is 5.88 Å². The van der Waals surface area contributed by atoms with E-state index in [4.69, 9.17) is 4.74 Å². The van der Waals surface area contributed by atoms with Crippen molar-refractivity contribution in [2.75, 3.05) is 25.0 Å². The molecule has 0 saturated carbocycles. The second-order valence-corrected chi connectivity index (χ2v) is 8.06. The molecule has 1 aromatic heterocycles. The van der Waals surface area contributed by atoms with Crippen LogP contribution in [0.5, 0.6) is 5.88 Å². The van der Waals surface area contributed by atoms with Gasteiger partial charge in [0.15, 0.2) is 0 Å². The Bertz CT molecular complexity index is 949. The van der Waals surface area contributed by atoms with Crippen molar-refractivity contribution in [2.24, 2.45) is 0 Å². The van der Waals surface area contributed by atoms with Crippen LogP contribution < -0.4 is 14.4 Å². The number of hydrogen-bond donors (Lipinski definition) is 1. The number of ether oxygens (including phenoxy) is 1. The normalized spacial score (nSPS) is 17.8. The number of benzene rings is 1. The van der Waals surface area contributed by atoms with Crippen LogP contribution in [0.4, 0.5) is 23.2 Å². The van der Waals surface area contributed by atoms with E-state index < -0.39 is 27.6 Å². The molecule has 1 aliphatic heterocycles. The molecule has 152 valence electrons. The molecule has 1 saturated heterocycles. The second kappa shape index (κ2) is 7.55. The van der Waals surface area contributed by atoms with Crippen LogP contribution in [0, 0.1) is 5.82 Å². The Morgan fingerprint density at radius 2 is 2.00 bits per heavy atom. The molecule has 0 amide bonds. The molecule has 1 atom stereocenters. The lowest BCUT2D eigenvalue weighted by Crippen LogP contribution is -2.26. The number of anilines is 1. The molecule has 0 bridgehead atoms. The Morgan fingerprint density at radius 3 is 2.57 bits per heavy atom. The van der Waals surface area contributed by atoms with Gasteiger partial charge >= 0.3 is 6.18 Å². The molecule has 2 aromatic rings. The smallest absolute Gasteiger partial charge is 0.417 e. The summed E-state index contributed by atoms with van der Waals surface area (Å²) in [5, 5.41) is 0. The van der Waals surface area contributed by atoms with E-state index in [2.05, 4.69) is 9.71 Å². The maximum absolute atomic E-state index is 14.4. The monoisotopic (exact) mass is 419 g/mol. The topological polar surface area (TPSA) is 71.5 Å². The van der Waals surface area contributed by atoms with Crippen LogP contribution in [0.2, 0.25) is 0 Å². The highest BCUT2D eigenvalue weighted by Gasteiger charge is 2.31. The molecule has 1 aromatic carbocycles. The van der Waals surface area contributed by atoms with Gasteiger partial charge in [-0.1, -0.05) is 0 Å². The summed E-state index contributed by atoms with van der Waals surface area (Å²) in [4.78, 5) is 5.16. The van der Waals surface area contributed by atoms with E-state index in [1.54, 1.807) is 4.90 Å². The van der Waals surface area contributed by atoms with Crippen LogP contribution in [-0.2, 0) is 16.2 Å². The lowest BCUT2D eigenvalue weighted by atomic mass is 10.3. The maximum atomic E-state index is 14.4. The van der Waals surface area contributed by atoms with E-state index in [0.717, 1.165) is 18.2 Å². The molecule has 1 fully saturated rings. The van der Waals surface area contributed by atoms with Gasteiger partial charge in [0.25, 0.3) is 0 Å². The molecule has 28 heavy (non-hydrogen) atoms. The van der Waals surface area contributed by atoms with Crippen molar-refractivity contribution in [1.29, 1.82) is 0 Å². The molecule has 1 N–H and O–H groups in total. The summed E-state index contributed by atoms with van der Waals surface area (Å²) < 4.78 is 83.2. The number of sulfonamides is 1. The third kappa shape index (κ3) is 4.36. The van der Waals surface area contributed by atoms with Crippen molar-refractivity contribution in [3.63, 3.8) is 0 Å². The van der Waals surface area contributed by atoms with E-state index >= 15 is 0 Å². The van der Waals surface area contributed by atoms with Gasteiger partial charge in [-0.25, -0.2) is 22.5 Å². The van der Waals surface area contributed by atoms with Crippen molar-refractivity contribution >= 4 is 15.7 Å². The predicted octanol–water partition coefficient (Wildman–Crippen LogP) is 2.81. The van der Waals surface area contributed by atoms with Crippen molar-refractivity contribution in [2.45, 2.75) is 23.6 Å². The first-order chi connectivity index (χ1) is 13.1. The Hall–Kier alpha value is -2.40. The van der Waals surface area contributed by atoms with Crippen LogP contribution in [0.3, 0.4) is 0 Å². The molecular weight excluding hydrogens is 402 g/mol. The Labute approximate surface area is 159 Å². The fourth-order valence-electron chi connectivity index (χ4n) is 2.86.